The molecular weight excluding hydrogens is 336 g/mol. The average Bonchev–Trinajstić information content (AvgIpc) is 2.64. The van der Waals surface area contributed by atoms with Gasteiger partial charge in [0.25, 0.3) is 5.91 Å². The Morgan fingerprint density at radius 3 is 2.92 bits per heavy atom. The Hall–Kier alpha value is -1.26. The molecule has 3 rings (SSSR count). The van der Waals surface area contributed by atoms with Crippen LogP contribution in [0.15, 0.2) is 12.1 Å². The van der Waals surface area contributed by atoms with Crippen molar-refractivity contribution in [1.29, 1.82) is 0 Å². The fourth-order valence-electron chi connectivity index (χ4n) is 3.74. The van der Waals surface area contributed by atoms with Crippen molar-refractivity contribution in [2.45, 2.75) is 45.4 Å². The van der Waals surface area contributed by atoms with E-state index in [-0.39, 0.29) is 5.91 Å². The molecule has 1 N–H and O–H groups in total. The number of amides is 1. The lowest BCUT2D eigenvalue weighted by Gasteiger charge is -2.32. The molecule has 0 saturated carbocycles. The third-order valence-corrected chi connectivity index (χ3v) is 5.52. The third kappa shape index (κ3) is 4.89. The minimum absolute atomic E-state index is 0.0611. The van der Waals surface area contributed by atoms with Crippen LogP contribution in [0.4, 0.5) is 0 Å². The van der Waals surface area contributed by atoms with Crippen LogP contribution in [0, 0.1) is 5.92 Å². The molecule has 0 atom stereocenters. The molecule has 0 aliphatic carbocycles. The number of fused-ring (bicyclic) bond motifs is 1. The zero-order valence-electron chi connectivity index (χ0n) is 15.2. The highest BCUT2D eigenvalue weighted by molar-refractivity contribution is 6.31. The summed E-state index contributed by atoms with van der Waals surface area (Å²) in [7, 11) is 0. The molecule has 0 aromatic heterocycles. The van der Waals surface area contributed by atoms with Crippen LogP contribution in [0.2, 0.25) is 5.02 Å². The molecule has 2 aliphatic rings. The monoisotopic (exact) mass is 364 g/mol. The van der Waals surface area contributed by atoms with Gasteiger partial charge in [0.2, 0.25) is 0 Å². The zero-order valence-corrected chi connectivity index (χ0v) is 15.9. The number of piperidine rings is 1. The molecule has 1 amide bonds. The molecule has 1 aromatic carbocycles. The number of hydrogen-bond acceptors (Lipinski definition) is 3. The summed E-state index contributed by atoms with van der Waals surface area (Å²) in [6, 6.07) is 3.65. The predicted molar refractivity (Wildman–Crippen MR) is 102 cm³/mol. The maximum atomic E-state index is 12.7. The minimum Gasteiger partial charge on any atom is -0.492 e. The predicted octanol–water partition coefficient (Wildman–Crippen LogP) is 3.91. The van der Waals surface area contributed by atoms with E-state index in [0.717, 1.165) is 56.6 Å². The van der Waals surface area contributed by atoms with Crippen molar-refractivity contribution in [1.82, 2.24) is 10.2 Å². The summed E-state index contributed by atoms with van der Waals surface area (Å²) in [6.07, 6.45) is 6.75. The van der Waals surface area contributed by atoms with Gasteiger partial charge in [0.05, 0.1) is 12.2 Å². The SMILES string of the molecule is CCCCN1CCC(CNC(=O)c2cc(Cl)cc3c2OCCC3)CC1. The molecule has 1 saturated heterocycles. The highest BCUT2D eigenvalue weighted by Gasteiger charge is 2.23. The fourth-order valence-corrected chi connectivity index (χ4v) is 3.98. The highest BCUT2D eigenvalue weighted by atomic mass is 35.5. The summed E-state index contributed by atoms with van der Waals surface area (Å²) in [5.41, 5.74) is 1.63. The van der Waals surface area contributed by atoms with Crippen LogP contribution in [-0.2, 0) is 6.42 Å². The molecule has 138 valence electrons. The lowest BCUT2D eigenvalue weighted by molar-refractivity contribution is 0.0931. The van der Waals surface area contributed by atoms with E-state index in [2.05, 4.69) is 17.1 Å². The Kier molecular flexibility index (Phi) is 6.60. The van der Waals surface area contributed by atoms with E-state index in [9.17, 15) is 4.79 Å². The molecule has 4 nitrogen and oxygen atoms in total. The molecule has 1 aromatic rings. The largest absolute Gasteiger partial charge is 0.492 e. The molecule has 5 heteroatoms. The first kappa shape index (κ1) is 18.5. The second-order valence-corrected chi connectivity index (χ2v) is 7.68. The molecule has 0 radical (unpaired) electrons. The second-order valence-electron chi connectivity index (χ2n) is 7.24. The number of carbonyl (C=O) groups excluding carboxylic acids is 1. The quantitative estimate of drug-likeness (QED) is 0.832. The van der Waals surface area contributed by atoms with E-state index in [1.54, 1.807) is 6.07 Å². The van der Waals surface area contributed by atoms with Gasteiger partial charge >= 0.3 is 0 Å². The summed E-state index contributed by atoms with van der Waals surface area (Å²) >= 11 is 6.19. The Bertz CT molecular complexity index is 598. The number of ether oxygens (including phenoxy) is 1. The van der Waals surface area contributed by atoms with Gasteiger partial charge in [-0.25, -0.2) is 0 Å². The van der Waals surface area contributed by atoms with Crippen LogP contribution in [0.1, 0.15) is 54.9 Å². The van der Waals surface area contributed by atoms with Crippen molar-refractivity contribution in [3.63, 3.8) is 0 Å². The number of benzene rings is 1. The van der Waals surface area contributed by atoms with Gasteiger partial charge in [-0.3, -0.25) is 4.79 Å². The van der Waals surface area contributed by atoms with Crippen molar-refractivity contribution < 1.29 is 9.53 Å². The third-order valence-electron chi connectivity index (χ3n) is 5.30. The van der Waals surface area contributed by atoms with Crippen LogP contribution in [0.25, 0.3) is 0 Å². The van der Waals surface area contributed by atoms with Crippen molar-refractivity contribution >= 4 is 17.5 Å². The van der Waals surface area contributed by atoms with Gasteiger partial charge in [-0.1, -0.05) is 24.9 Å². The van der Waals surface area contributed by atoms with Crippen LogP contribution in [0.3, 0.4) is 0 Å². The number of halogens is 1. The van der Waals surface area contributed by atoms with E-state index in [1.807, 2.05) is 6.07 Å². The molecular formula is C20H29ClN2O2. The Morgan fingerprint density at radius 1 is 1.36 bits per heavy atom. The van der Waals surface area contributed by atoms with Gasteiger partial charge in [-0.05, 0) is 75.4 Å². The number of rotatable bonds is 6. The van der Waals surface area contributed by atoms with Gasteiger partial charge in [0.15, 0.2) is 0 Å². The first-order chi connectivity index (χ1) is 12.2. The van der Waals surface area contributed by atoms with Crippen LogP contribution in [0.5, 0.6) is 5.75 Å². The average molecular weight is 365 g/mol. The van der Waals surface area contributed by atoms with E-state index in [0.29, 0.717) is 23.1 Å². The lowest BCUT2D eigenvalue weighted by Crippen LogP contribution is -2.39. The maximum absolute atomic E-state index is 12.7. The van der Waals surface area contributed by atoms with Gasteiger partial charge in [0, 0.05) is 11.6 Å². The van der Waals surface area contributed by atoms with Gasteiger partial charge in [-0.2, -0.15) is 0 Å². The Morgan fingerprint density at radius 2 is 2.16 bits per heavy atom. The molecule has 2 aliphatic heterocycles. The van der Waals surface area contributed by atoms with Crippen LogP contribution < -0.4 is 10.1 Å². The lowest BCUT2D eigenvalue weighted by atomic mass is 9.96. The molecule has 25 heavy (non-hydrogen) atoms. The standard InChI is InChI=1S/C20H29ClN2O2/c1-2-3-8-23-9-6-15(7-10-23)14-22-20(24)18-13-17(21)12-16-5-4-11-25-19(16)18/h12-13,15H,2-11,14H2,1H3,(H,22,24). The van der Waals surface area contributed by atoms with E-state index < -0.39 is 0 Å². The van der Waals surface area contributed by atoms with Gasteiger partial charge in [-0.15, -0.1) is 0 Å². The normalized spacial score (nSPS) is 18.5. The first-order valence-corrected chi connectivity index (χ1v) is 10.0. The summed E-state index contributed by atoms with van der Waals surface area (Å²) in [6.45, 7) is 7.15. The van der Waals surface area contributed by atoms with Crippen molar-refractivity contribution in [3.8, 4) is 5.75 Å². The number of nitrogens with zero attached hydrogens (tertiary/aromatic N) is 1. The Labute approximate surface area is 155 Å². The second kappa shape index (κ2) is 8.91. The van der Waals surface area contributed by atoms with Crippen molar-refractivity contribution in [2.75, 3.05) is 32.8 Å². The van der Waals surface area contributed by atoms with Gasteiger partial charge in [0.1, 0.15) is 5.75 Å². The summed E-state index contributed by atoms with van der Waals surface area (Å²) in [5, 5.41) is 3.72. The Balaban J connectivity index is 1.53. The summed E-state index contributed by atoms with van der Waals surface area (Å²) in [5.74, 6) is 1.23. The topological polar surface area (TPSA) is 41.6 Å². The zero-order chi connectivity index (χ0) is 17.6. The first-order valence-electron chi connectivity index (χ1n) is 9.63. The maximum Gasteiger partial charge on any atom is 0.255 e. The van der Waals surface area contributed by atoms with Crippen LogP contribution in [-0.4, -0.2) is 43.6 Å². The molecule has 1 fully saturated rings. The molecule has 0 spiro atoms. The van der Waals surface area contributed by atoms with E-state index in [4.69, 9.17) is 16.3 Å². The molecule has 0 bridgehead atoms. The minimum atomic E-state index is -0.0611. The number of hydrogen-bond donors (Lipinski definition) is 1. The summed E-state index contributed by atoms with van der Waals surface area (Å²) < 4.78 is 5.75. The van der Waals surface area contributed by atoms with Crippen molar-refractivity contribution in [2.24, 2.45) is 5.92 Å². The van der Waals surface area contributed by atoms with Gasteiger partial charge < -0.3 is 15.0 Å². The fraction of sp³-hybridized carbons (Fsp3) is 0.650. The van der Waals surface area contributed by atoms with Crippen LogP contribution >= 0.6 is 11.6 Å². The number of carbonyl (C=O) groups is 1. The molecule has 2 heterocycles. The smallest absolute Gasteiger partial charge is 0.255 e. The molecule has 0 unspecified atom stereocenters. The number of likely N-dealkylation sites (tertiary alicyclic amines) is 1. The number of unbranched alkanes of at least 4 members (excludes halogenated alkanes) is 1. The number of nitrogens with one attached hydrogen (secondary N) is 1. The highest BCUT2D eigenvalue weighted by Crippen LogP contribution is 2.32. The summed E-state index contributed by atoms with van der Waals surface area (Å²) in [4.78, 5) is 15.2. The van der Waals surface area contributed by atoms with Crippen molar-refractivity contribution in [3.05, 3.63) is 28.3 Å². The number of aryl methyl sites for hydroxylation is 1. The van der Waals surface area contributed by atoms with E-state index in [1.165, 1.54) is 19.4 Å². The van der Waals surface area contributed by atoms with E-state index >= 15 is 0 Å².